The number of nitriles is 1. The maximum Gasteiger partial charge on any atom is 0.276 e. The fourth-order valence-electron chi connectivity index (χ4n) is 2.83. The van der Waals surface area contributed by atoms with Crippen LogP contribution in [-0.2, 0) is 11.4 Å². The summed E-state index contributed by atoms with van der Waals surface area (Å²) < 4.78 is 11.3. The molecule has 6 nitrogen and oxygen atoms in total. The van der Waals surface area contributed by atoms with Gasteiger partial charge < -0.3 is 14.8 Å². The Kier molecular flexibility index (Phi) is 5.92. The average molecular weight is 393 g/mol. The van der Waals surface area contributed by atoms with Gasteiger partial charge in [0.15, 0.2) is 16.6 Å². The van der Waals surface area contributed by atoms with E-state index < -0.39 is 0 Å². The van der Waals surface area contributed by atoms with Gasteiger partial charge in [0.1, 0.15) is 12.3 Å². The number of likely N-dealkylation sites (N-methyl/N-ethyl adjacent to an activating group) is 1. The SMILES string of the molecule is CCN1C(=O)C(=Cc2ccc(OCc3ccccc3C#N)c(OC)c2)NC1=S. The first-order valence-electron chi connectivity index (χ1n) is 8.70. The molecule has 1 aliphatic heterocycles. The molecule has 0 bridgehead atoms. The fourth-order valence-corrected chi connectivity index (χ4v) is 3.15. The van der Waals surface area contributed by atoms with Gasteiger partial charge in [-0.25, -0.2) is 0 Å². The van der Waals surface area contributed by atoms with Crippen LogP contribution in [0.25, 0.3) is 6.08 Å². The van der Waals surface area contributed by atoms with Crippen LogP contribution in [0, 0.1) is 11.3 Å². The first-order chi connectivity index (χ1) is 13.6. The molecule has 0 atom stereocenters. The second kappa shape index (κ2) is 8.55. The van der Waals surface area contributed by atoms with Gasteiger partial charge in [0, 0.05) is 12.1 Å². The standard InChI is InChI=1S/C21H19N3O3S/c1-3-24-20(25)17(23-21(24)28)10-14-8-9-18(19(11-14)26-2)27-13-16-7-5-4-6-15(16)12-22/h4-11H,3,13H2,1-2H3,(H,23,28). The lowest BCUT2D eigenvalue weighted by molar-refractivity contribution is -0.122. The summed E-state index contributed by atoms with van der Waals surface area (Å²) in [5, 5.41) is 12.5. The van der Waals surface area contributed by atoms with Crippen LogP contribution < -0.4 is 14.8 Å². The van der Waals surface area contributed by atoms with Crippen LogP contribution in [0.5, 0.6) is 11.5 Å². The van der Waals surface area contributed by atoms with Crippen molar-refractivity contribution < 1.29 is 14.3 Å². The zero-order chi connectivity index (χ0) is 20.1. The van der Waals surface area contributed by atoms with Gasteiger partial charge in [-0.2, -0.15) is 5.26 Å². The van der Waals surface area contributed by atoms with Crippen molar-refractivity contribution in [2.24, 2.45) is 0 Å². The van der Waals surface area contributed by atoms with Crippen LogP contribution in [0.3, 0.4) is 0 Å². The molecular weight excluding hydrogens is 374 g/mol. The molecule has 0 aromatic heterocycles. The number of thiocarbonyl (C=S) groups is 1. The maximum absolute atomic E-state index is 12.3. The van der Waals surface area contributed by atoms with Gasteiger partial charge in [0.05, 0.1) is 18.7 Å². The van der Waals surface area contributed by atoms with E-state index in [9.17, 15) is 10.1 Å². The minimum atomic E-state index is -0.153. The summed E-state index contributed by atoms with van der Waals surface area (Å²) in [6.45, 7) is 2.64. The molecule has 1 saturated heterocycles. The van der Waals surface area contributed by atoms with Crippen molar-refractivity contribution in [3.05, 3.63) is 64.9 Å². The zero-order valence-corrected chi connectivity index (χ0v) is 16.4. The Balaban J connectivity index is 1.79. The maximum atomic E-state index is 12.3. The zero-order valence-electron chi connectivity index (χ0n) is 15.6. The van der Waals surface area contributed by atoms with Crippen molar-refractivity contribution in [1.29, 1.82) is 5.26 Å². The molecule has 1 aliphatic rings. The second-order valence-corrected chi connectivity index (χ2v) is 6.39. The lowest BCUT2D eigenvalue weighted by Gasteiger charge is -2.12. The van der Waals surface area contributed by atoms with E-state index in [2.05, 4.69) is 11.4 Å². The van der Waals surface area contributed by atoms with Crippen molar-refractivity contribution in [2.75, 3.05) is 13.7 Å². The van der Waals surface area contributed by atoms with Crippen molar-refractivity contribution in [1.82, 2.24) is 10.2 Å². The Labute approximate surface area is 169 Å². The third-order valence-electron chi connectivity index (χ3n) is 4.30. The van der Waals surface area contributed by atoms with Crippen LogP contribution in [0.2, 0.25) is 0 Å². The van der Waals surface area contributed by atoms with E-state index in [1.807, 2.05) is 31.2 Å². The molecule has 1 fully saturated rings. The molecule has 2 aromatic carbocycles. The number of nitrogens with one attached hydrogen (secondary N) is 1. The van der Waals surface area contributed by atoms with E-state index in [1.165, 1.54) is 4.90 Å². The molecule has 142 valence electrons. The van der Waals surface area contributed by atoms with Gasteiger partial charge in [0.2, 0.25) is 0 Å². The minimum absolute atomic E-state index is 0.153. The van der Waals surface area contributed by atoms with Crippen molar-refractivity contribution >= 4 is 29.3 Å². The topological polar surface area (TPSA) is 74.6 Å². The number of carbonyl (C=O) groups is 1. The molecule has 1 N–H and O–H groups in total. The average Bonchev–Trinajstić information content (AvgIpc) is 2.99. The first kappa shape index (κ1) is 19.4. The van der Waals surface area contributed by atoms with Crippen molar-refractivity contribution in [3.8, 4) is 17.6 Å². The van der Waals surface area contributed by atoms with Crippen LogP contribution in [0.1, 0.15) is 23.6 Å². The molecule has 0 spiro atoms. The van der Waals surface area contributed by atoms with Crippen molar-refractivity contribution in [3.63, 3.8) is 0 Å². The normalized spacial score (nSPS) is 14.8. The molecule has 1 amide bonds. The molecule has 3 rings (SSSR count). The molecule has 0 unspecified atom stereocenters. The summed E-state index contributed by atoms with van der Waals surface area (Å²) in [7, 11) is 1.55. The number of hydrogen-bond donors (Lipinski definition) is 1. The Morgan fingerprint density at radius 2 is 2.04 bits per heavy atom. The molecular formula is C21H19N3O3S. The van der Waals surface area contributed by atoms with Gasteiger partial charge >= 0.3 is 0 Å². The monoisotopic (exact) mass is 393 g/mol. The van der Waals surface area contributed by atoms with Gasteiger partial charge in [-0.05, 0) is 49.0 Å². The predicted octanol–water partition coefficient (Wildman–Crippen LogP) is 3.22. The Hall–Kier alpha value is -3.37. The highest BCUT2D eigenvalue weighted by atomic mass is 32.1. The molecule has 0 radical (unpaired) electrons. The van der Waals surface area contributed by atoms with Gasteiger partial charge in [-0.3, -0.25) is 9.69 Å². The van der Waals surface area contributed by atoms with E-state index in [0.717, 1.165) is 11.1 Å². The molecule has 28 heavy (non-hydrogen) atoms. The molecule has 7 heteroatoms. The fraction of sp³-hybridized carbons (Fsp3) is 0.190. The summed E-state index contributed by atoms with van der Waals surface area (Å²) in [6.07, 6.45) is 1.72. The van der Waals surface area contributed by atoms with E-state index in [4.69, 9.17) is 21.7 Å². The summed E-state index contributed by atoms with van der Waals surface area (Å²) in [6, 6.07) is 14.8. The second-order valence-electron chi connectivity index (χ2n) is 6.01. The lowest BCUT2D eigenvalue weighted by atomic mass is 10.1. The molecule has 1 heterocycles. The summed E-state index contributed by atoms with van der Waals surface area (Å²) in [5.74, 6) is 0.929. The highest BCUT2D eigenvalue weighted by Gasteiger charge is 2.29. The third-order valence-corrected chi connectivity index (χ3v) is 4.62. The highest BCUT2D eigenvalue weighted by Crippen LogP contribution is 2.30. The Morgan fingerprint density at radius 3 is 2.71 bits per heavy atom. The predicted molar refractivity (Wildman–Crippen MR) is 110 cm³/mol. The lowest BCUT2D eigenvalue weighted by Crippen LogP contribution is -2.30. The van der Waals surface area contributed by atoms with E-state index >= 15 is 0 Å². The summed E-state index contributed by atoms with van der Waals surface area (Å²) in [5.41, 5.74) is 2.57. The van der Waals surface area contributed by atoms with E-state index in [-0.39, 0.29) is 12.5 Å². The number of hydrogen-bond acceptors (Lipinski definition) is 5. The number of carbonyl (C=O) groups excluding carboxylic acids is 1. The smallest absolute Gasteiger partial charge is 0.276 e. The van der Waals surface area contributed by atoms with Crippen LogP contribution >= 0.6 is 12.2 Å². The third kappa shape index (κ3) is 3.97. The number of nitrogens with zero attached hydrogens (tertiary/aromatic N) is 2. The van der Waals surface area contributed by atoms with Crippen LogP contribution in [-0.4, -0.2) is 29.6 Å². The molecule has 0 aliphatic carbocycles. The summed E-state index contributed by atoms with van der Waals surface area (Å²) >= 11 is 5.17. The number of ether oxygens (including phenoxy) is 2. The largest absolute Gasteiger partial charge is 0.493 e. The first-order valence-corrected chi connectivity index (χ1v) is 9.11. The number of benzene rings is 2. The van der Waals surface area contributed by atoms with Gasteiger partial charge in [-0.15, -0.1) is 0 Å². The number of methoxy groups -OCH3 is 1. The Bertz CT molecular complexity index is 995. The number of rotatable bonds is 6. The van der Waals surface area contributed by atoms with E-state index in [1.54, 1.807) is 31.4 Å². The summed E-state index contributed by atoms with van der Waals surface area (Å²) in [4.78, 5) is 13.8. The molecule has 2 aromatic rings. The highest BCUT2D eigenvalue weighted by molar-refractivity contribution is 7.80. The van der Waals surface area contributed by atoms with Gasteiger partial charge in [-0.1, -0.05) is 24.3 Å². The number of amides is 1. The van der Waals surface area contributed by atoms with Crippen molar-refractivity contribution in [2.45, 2.75) is 13.5 Å². The minimum Gasteiger partial charge on any atom is -0.493 e. The molecule has 0 saturated carbocycles. The van der Waals surface area contributed by atoms with E-state index in [0.29, 0.717) is 34.4 Å². The van der Waals surface area contributed by atoms with Gasteiger partial charge in [0.25, 0.3) is 5.91 Å². The quantitative estimate of drug-likeness (QED) is 0.600. The van der Waals surface area contributed by atoms with Crippen LogP contribution in [0.4, 0.5) is 0 Å². The van der Waals surface area contributed by atoms with Crippen LogP contribution in [0.15, 0.2) is 48.2 Å². The Morgan fingerprint density at radius 1 is 1.25 bits per heavy atom.